The van der Waals surface area contributed by atoms with E-state index in [-0.39, 0.29) is 10.9 Å². The van der Waals surface area contributed by atoms with Crippen molar-refractivity contribution in [1.29, 1.82) is 0 Å². The van der Waals surface area contributed by atoms with E-state index in [0.29, 0.717) is 11.0 Å². The minimum atomic E-state index is -0.623. The first-order chi connectivity index (χ1) is 6.72. The van der Waals surface area contributed by atoms with Gasteiger partial charge in [-0.05, 0) is 12.1 Å². The van der Waals surface area contributed by atoms with Crippen LogP contribution in [0.15, 0.2) is 16.7 Å². The fourth-order valence-corrected chi connectivity index (χ4v) is 1.18. The number of esters is 1. The summed E-state index contributed by atoms with van der Waals surface area (Å²) in [4.78, 5) is 15.1. The van der Waals surface area contributed by atoms with Gasteiger partial charge in [0.15, 0.2) is 0 Å². The van der Waals surface area contributed by atoms with Crippen LogP contribution in [0.4, 0.5) is 0 Å². The van der Waals surface area contributed by atoms with Gasteiger partial charge < -0.3 is 9.26 Å². The SMILES string of the molecule is COC(=O)c1onc2ccc(Cl)nc12. The highest BCUT2D eigenvalue weighted by Crippen LogP contribution is 2.18. The summed E-state index contributed by atoms with van der Waals surface area (Å²) in [5.41, 5.74) is 0.777. The number of fused-ring (bicyclic) bond motifs is 1. The van der Waals surface area contributed by atoms with E-state index in [1.165, 1.54) is 7.11 Å². The maximum absolute atomic E-state index is 11.2. The summed E-state index contributed by atoms with van der Waals surface area (Å²) in [7, 11) is 1.25. The number of carbonyl (C=O) groups is 1. The standard InChI is InChI=1S/C8H5ClN2O3/c1-13-8(12)7-6-4(11-14-7)2-3-5(9)10-6/h2-3H,1H3. The fourth-order valence-electron chi connectivity index (χ4n) is 1.03. The van der Waals surface area contributed by atoms with E-state index in [4.69, 9.17) is 16.1 Å². The Morgan fingerprint density at radius 1 is 1.57 bits per heavy atom. The third-order valence-corrected chi connectivity index (χ3v) is 1.87. The van der Waals surface area contributed by atoms with Crippen LogP contribution in [0.1, 0.15) is 10.6 Å². The van der Waals surface area contributed by atoms with Crippen molar-refractivity contribution in [2.75, 3.05) is 7.11 Å². The molecule has 0 unspecified atom stereocenters. The summed E-state index contributed by atoms with van der Waals surface area (Å²) < 4.78 is 9.26. The third-order valence-electron chi connectivity index (χ3n) is 1.66. The van der Waals surface area contributed by atoms with Gasteiger partial charge in [-0.1, -0.05) is 16.8 Å². The average Bonchev–Trinajstić information content (AvgIpc) is 2.59. The number of ether oxygens (including phenoxy) is 1. The zero-order valence-electron chi connectivity index (χ0n) is 7.15. The summed E-state index contributed by atoms with van der Waals surface area (Å²) in [5, 5.41) is 3.90. The molecule has 72 valence electrons. The second-order valence-electron chi connectivity index (χ2n) is 2.50. The number of hydrogen-bond acceptors (Lipinski definition) is 5. The number of methoxy groups -OCH3 is 1. The molecule has 0 aromatic carbocycles. The summed E-state index contributed by atoms with van der Waals surface area (Å²) in [6, 6.07) is 3.17. The van der Waals surface area contributed by atoms with E-state index in [1.807, 2.05) is 0 Å². The lowest BCUT2D eigenvalue weighted by Gasteiger charge is -1.92. The molecular weight excluding hydrogens is 208 g/mol. The zero-order valence-corrected chi connectivity index (χ0v) is 7.91. The number of nitrogens with zero attached hydrogens (tertiary/aromatic N) is 2. The molecule has 0 fully saturated rings. The highest BCUT2D eigenvalue weighted by molar-refractivity contribution is 6.29. The first-order valence-corrected chi connectivity index (χ1v) is 4.10. The van der Waals surface area contributed by atoms with Crippen LogP contribution in [0, 0.1) is 0 Å². The van der Waals surface area contributed by atoms with Gasteiger partial charge in [0.05, 0.1) is 7.11 Å². The van der Waals surface area contributed by atoms with Crippen molar-refractivity contribution in [3.05, 3.63) is 23.0 Å². The molecule has 0 aliphatic heterocycles. The fraction of sp³-hybridized carbons (Fsp3) is 0.125. The average molecular weight is 213 g/mol. The Labute approximate surface area is 83.6 Å². The minimum Gasteiger partial charge on any atom is -0.463 e. The van der Waals surface area contributed by atoms with Crippen LogP contribution in [-0.4, -0.2) is 23.2 Å². The van der Waals surface area contributed by atoms with Crippen molar-refractivity contribution in [3.63, 3.8) is 0 Å². The van der Waals surface area contributed by atoms with E-state index < -0.39 is 5.97 Å². The van der Waals surface area contributed by atoms with Gasteiger partial charge >= 0.3 is 5.97 Å². The number of rotatable bonds is 1. The second kappa shape index (κ2) is 3.26. The highest BCUT2D eigenvalue weighted by Gasteiger charge is 2.18. The molecule has 5 nitrogen and oxygen atoms in total. The molecule has 0 spiro atoms. The molecule has 2 aromatic heterocycles. The molecule has 0 atom stereocenters. The van der Waals surface area contributed by atoms with Crippen LogP contribution in [0.3, 0.4) is 0 Å². The molecule has 6 heteroatoms. The Hall–Kier alpha value is -1.62. The number of hydrogen-bond donors (Lipinski definition) is 0. The molecule has 14 heavy (non-hydrogen) atoms. The molecule has 0 radical (unpaired) electrons. The normalized spacial score (nSPS) is 10.4. The molecule has 0 saturated carbocycles. The van der Waals surface area contributed by atoms with Gasteiger partial charge in [-0.3, -0.25) is 0 Å². The Bertz CT molecular complexity index is 494. The maximum atomic E-state index is 11.2. The quantitative estimate of drug-likeness (QED) is 0.531. The molecular formula is C8H5ClN2O3. The van der Waals surface area contributed by atoms with Crippen molar-refractivity contribution in [3.8, 4) is 0 Å². The predicted molar refractivity (Wildman–Crippen MR) is 48.2 cm³/mol. The number of carbonyl (C=O) groups excluding carboxylic acids is 1. The summed E-state index contributed by atoms with van der Waals surface area (Å²) in [5.74, 6) is -0.660. The maximum Gasteiger partial charge on any atom is 0.379 e. The van der Waals surface area contributed by atoms with Crippen LogP contribution in [0.2, 0.25) is 5.15 Å². The largest absolute Gasteiger partial charge is 0.463 e. The van der Waals surface area contributed by atoms with Gasteiger partial charge in [0.1, 0.15) is 16.2 Å². The number of halogens is 1. The molecule has 2 aromatic rings. The zero-order chi connectivity index (χ0) is 10.1. The lowest BCUT2D eigenvalue weighted by molar-refractivity contribution is 0.0557. The first kappa shape index (κ1) is 8.96. The minimum absolute atomic E-state index is 0.0370. The van der Waals surface area contributed by atoms with E-state index in [9.17, 15) is 4.79 Å². The Morgan fingerprint density at radius 3 is 3.07 bits per heavy atom. The van der Waals surface area contributed by atoms with Crippen molar-refractivity contribution in [2.45, 2.75) is 0 Å². The molecule has 0 saturated heterocycles. The molecule has 2 rings (SSSR count). The molecule has 0 N–H and O–H groups in total. The van der Waals surface area contributed by atoms with Gasteiger partial charge in [-0.2, -0.15) is 0 Å². The van der Waals surface area contributed by atoms with Crippen LogP contribution in [0.25, 0.3) is 11.0 Å². The Morgan fingerprint density at radius 2 is 2.36 bits per heavy atom. The van der Waals surface area contributed by atoms with Gasteiger partial charge in [0.2, 0.25) is 0 Å². The molecule has 0 amide bonds. The summed E-state index contributed by atoms with van der Waals surface area (Å²) in [6.07, 6.45) is 0. The van der Waals surface area contributed by atoms with E-state index >= 15 is 0 Å². The van der Waals surface area contributed by atoms with E-state index in [2.05, 4.69) is 14.9 Å². The molecule has 0 bridgehead atoms. The third kappa shape index (κ3) is 1.31. The predicted octanol–water partition coefficient (Wildman–Crippen LogP) is 1.66. The summed E-state index contributed by atoms with van der Waals surface area (Å²) >= 11 is 5.66. The van der Waals surface area contributed by atoms with Crippen molar-refractivity contribution in [2.24, 2.45) is 0 Å². The number of pyridine rings is 1. The summed E-state index contributed by atoms with van der Waals surface area (Å²) in [6.45, 7) is 0. The van der Waals surface area contributed by atoms with Crippen molar-refractivity contribution in [1.82, 2.24) is 10.1 Å². The van der Waals surface area contributed by atoms with Crippen LogP contribution >= 0.6 is 11.6 Å². The Kier molecular flexibility index (Phi) is 2.09. The number of aromatic nitrogens is 2. The topological polar surface area (TPSA) is 65.2 Å². The van der Waals surface area contributed by atoms with Crippen LogP contribution in [-0.2, 0) is 4.74 Å². The van der Waals surface area contributed by atoms with E-state index in [1.54, 1.807) is 12.1 Å². The molecule has 2 heterocycles. The van der Waals surface area contributed by atoms with Gasteiger partial charge in [-0.25, -0.2) is 9.78 Å². The first-order valence-electron chi connectivity index (χ1n) is 3.72. The van der Waals surface area contributed by atoms with Gasteiger partial charge in [0, 0.05) is 0 Å². The van der Waals surface area contributed by atoms with Crippen LogP contribution < -0.4 is 0 Å². The van der Waals surface area contributed by atoms with Gasteiger partial charge in [-0.15, -0.1) is 0 Å². The monoisotopic (exact) mass is 212 g/mol. The lowest BCUT2D eigenvalue weighted by atomic mass is 10.3. The van der Waals surface area contributed by atoms with Crippen molar-refractivity contribution >= 4 is 28.6 Å². The van der Waals surface area contributed by atoms with E-state index in [0.717, 1.165) is 0 Å². The second-order valence-corrected chi connectivity index (χ2v) is 2.89. The Balaban J connectivity index is 2.67. The van der Waals surface area contributed by atoms with Crippen molar-refractivity contribution < 1.29 is 14.1 Å². The molecule has 0 aliphatic rings. The lowest BCUT2D eigenvalue weighted by Crippen LogP contribution is -2.00. The van der Waals surface area contributed by atoms with Crippen LogP contribution in [0.5, 0.6) is 0 Å². The van der Waals surface area contributed by atoms with Gasteiger partial charge in [0.25, 0.3) is 5.76 Å². The smallest absolute Gasteiger partial charge is 0.379 e. The highest BCUT2D eigenvalue weighted by atomic mass is 35.5. The molecule has 0 aliphatic carbocycles.